The van der Waals surface area contributed by atoms with E-state index in [1.54, 1.807) is 0 Å². The van der Waals surface area contributed by atoms with E-state index >= 15 is 0 Å². The monoisotopic (exact) mass is 421 g/mol. The number of hydrogen-bond acceptors (Lipinski definition) is 5. The summed E-state index contributed by atoms with van der Waals surface area (Å²) in [4.78, 5) is 18.2. The predicted molar refractivity (Wildman–Crippen MR) is 79.9 cm³/mol. The Kier molecular flexibility index (Phi) is 4.90. The van der Waals surface area contributed by atoms with Crippen molar-refractivity contribution in [2.45, 2.75) is 6.61 Å². The average molecular weight is 423 g/mol. The van der Waals surface area contributed by atoms with Gasteiger partial charge >= 0.3 is 0 Å². The van der Waals surface area contributed by atoms with Crippen molar-refractivity contribution in [1.82, 2.24) is 9.97 Å². The Hall–Kier alpha value is -1.25. The Morgan fingerprint density at radius 2 is 1.90 bits per heavy atom. The number of non-ortho nitro benzene ring substituents is 1. The summed E-state index contributed by atoms with van der Waals surface area (Å²) in [6.45, 7) is 0.166. The van der Waals surface area contributed by atoms with E-state index in [0.29, 0.717) is 25.5 Å². The zero-order valence-corrected chi connectivity index (χ0v) is 13.6. The minimum absolute atomic E-state index is 0.0395. The number of nitro benzene ring substituents is 1. The van der Waals surface area contributed by atoms with Gasteiger partial charge in [0.25, 0.3) is 5.69 Å². The van der Waals surface area contributed by atoms with Gasteiger partial charge < -0.3 is 4.74 Å². The van der Waals surface area contributed by atoms with Crippen LogP contribution in [0, 0.1) is 10.1 Å². The lowest BCUT2D eigenvalue weighted by atomic mass is 10.3. The van der Waals surface area contributed by atoms with Crippen LogP contribution < -0.4 is 4.74 Å². The lowest BCUT2D eigenvalue weighted by molar-refractivity contribution is -0.385. The molecule has 0 bridgehead atoms. The van der Waals surface area contributed by atoms with Crippen molar-refractivity contribution in [2.24, 2.45) is 0 Å². The SMILES string of the molecule is O=[N+]([O-])c1cc(Br)c(OCc2cnc(Cl)cn2)c(Br)c1. The van der Waals surface area contributed by atoms with Gasteiger partial charge in [-0.15, -0.1) is 0 Å². The normalized spacial score (nSPS) is 10.3. The smallest absolute Gasteiger partial charge is 0.271 e. The van der Waals surface area contributed by atoms with Gasteiger partial charge in [-0.2, -0.15) is 0 Å². The van der Waals surface area contributed by atoms with E-state index < -0.39 is 4.92 Å². The molecule has 0 radical (unpaired) electrons. The van der Waals surface area contributed by atoms with Crippen LogP contribution in [0.2, 0.25) is 5.15 Å². The zero-order valence-electron chi connectivity index (χ0n) is 9.72. The second-order valence-electron chi connectivity index (χ2n) is 3.61. The molecule has 0 aliphatic carbocycles. The second-order valence-corrected chi connectivity index (χ2v) is 5.71. The van der Waals surface area contributed by atoms with Crippen molar-refractivity contribution in [2.75, 3.05) is 0 Å². The molecule has 0 N–H and O–H groups in total. The molecule has 2 aromatic rings. The van der Waals surface area contributed by atoms with Crippen molar-refractivity contribution in [3.63, 3.8) is 0 Å². The first kappa shape index (κ1) is 15.1. The second kappa shape index (κ2) is 6.47. The van der Waals surface area contributed by atoms with Crippen LogP contribution in [0.15, 0.2) is 33.5 Å². The Morgan fingerprint density at radius 3 is 2.40 bits per heavy atom. The molecule has 0 aliphatic rings. The Labute approximate surface area is 135 Å². The Bertz CT molecular complexity index is 629. The third-order valence-electron chi connectivity index (χ3n) is 2.23. The number of benzene rings is 1. The third-order valence-corrected chi connectivity index (χ3v) is 3.61. The first-order valence-electron chi connectivity index (χ1n) is 5.20. The van der Waals surface area contributed by atoms with Crippen molar-refractivity contribution in [3.8, 4) is 5.75 Å². The lowest BCUT2D eigenvalue weighted by Crippen LogP contribution is -2.00. The highest BCUT2D eigenvalue weighted by Gasteiger charge is 2.15. The van der Waals surface area contributed by atoms with Crippen LogP contribution in [0.3, 0.4) is 0 Å². The molecule has 0 spiro atoms. The number of halogens is 3. The molecule has 1 aromatic heterocycles. The number of nitrogens with zero attached hydrogens (tertiary/aromatic N) is 3. The molecular formula is C11H6Br2ClN3O3. The maximum atomic E-state index is 10.7. The molecule has 104 valence electrons. The number of nitro groups is 1. The standard InChI is InChI=1S/C11H6Br2ClN3O3/c12-8-1-7(17(18)19)2-9(13)11(8)20-5-6-3-16-10(14)4-15-6/h1-4H,5H2. The molecule has 0 aliphatic heterocycles. The predicted octanol–water partition coefficient (Wildman–Crippen LogP) is 4.14. The molecule has 9 heteroatoms. The van der Waals surface area contributed by atoms with Crippen LogP contribution in [-0.2, 0) is 6.61 Å². The average Bonchev–Trinajstić information content (AvgIpc) is 2.39. The molecule has 0 saturated carbocycles. The number of hydrogen-bond donors (Lipinski definition) is 0. The first-order chi connectivity index (χ1) is 9.47. The van der Waals surface area contributed by atoms with E-state index in [-0.39, 0.29) is 12.3 Å². The minimum Gasteiger partial charge on any atom is -0.485 e. The van der Waals surface area contributed by atoms with Crippen molar-refractivity contribution >= 4 is 49.1 Å². The van der Waals surface area contributed by atoms with E-state index in [0.717, 1.165) is 0 Å². The highest BCUT2D eigenvalue weighted by Crippen LogP contribution is 2.37. The van der Waals surface area contributed by atoms with Crippen LogP contribution in [-0.4, -0.2) is 14.9 Å². The molecule has 2 rings (SSSR count). The molecule has 0 amide bonds. The van der Waals surface area contributed by atoms with Crippen LogP contribution in [0.25, 0.3) is 0 Å². The fourth-order valence-corrected chi connectivity index (χ4v) is 2.84. The van der Waals surface area contributed by atoms with E-state index in [2.05, 4.69) is 41.8 Å². The lowest BCUT2D eigenvalue weighted by Gasteiger charge is -2.09. The summed E-state index contributed by atoms with van der Waals surface area (Å²) in [5.41, 5.74) is 0.550. The third kappa shape index (κ3) is 3.65. The van der Waals surface area contributed by atoms with Gasteiger partial charge in [-0.25, -0.2) is 4.98 Å². The van der Waals surface area contributed by atoms with Gasteiger partial charge in [-0.05, 0) is 31.9 Å². The number of rotatable bonds is 4. The van der Waals surface area contributed by atoms with Crippen LogP contribution >= 0.6 is 43.5 Å². The topological polar surface area (TPSA) is 78.2 Å². The van der Waals surface area contributed by atoms with Crippen LogP contribution in [0.4, 0.5) is 5.69 Å². The minimum atomic E-state index is -0.482. The summed E-state index contributed by atoms with van der Waals surface area (Å²) < 4.78 is 6.51. The number of ether oxygens (including phenoxy) is 1. The van der Waals surface area contributed by atoms with Gasteiger partial charge in [0.05, 0.1) is 32.0 Å². The van der Waals surface area contributed by atoms with Gasteiger partial charge in [0.2, 0.25) is 0 Å². The summed E-state index contributed by atoms with van der Waals surface area (Å²) >= 11 is 12.1. The van der Waals surface area contributed by atoms with Crippen LogP contribution in [0.1, 0.15) is 5.69 Å². The zero-order chi connectivity index (χ0) is 14.7. The molecule has 0 atom stereocenters. The van der Waals surface area contributed by atoms with Crippen molar-refractivity contribution < 1.29 is 9.66 Å². The van der Waals surface area contributed by atoms with E-state index in [4.69, 9.17) is 16.3 Å². The summed E-state index contributed by atoms with van der Waals surface area (Å²) in [6, 6.07) is 2.74. The summed E-state index contributed by atoms with van der Waals surface area (Å²) in [7, 11) is 0. The van der Waals surface area contributed by atoms with Gasteiger partial charge in [-0.1, -0.05) is 11.6 Å². The summed E-state index contributed by atoms with van der Waals surface area (Å²) in [6.07, 6.45) is 2.91. The highest BCUT2D eigenvalue weighted by molar-refractivity contribution is 9.11. The van der Waals surface area contributed by atoms with Crippen molar-refractivity contribution in [1.29, 1.82) is 0 Å². The molecule has 1 heterocycles. The molecule has 6 nitrogen and oxygen atoms in total. The molecule has 0 saturated heterocycles. The van der Waals surface area contributed by atoms with E-state index in [9.17, 15) is 10.1 Å². The molecule has 20 heavy (non-hydrogen) atoms. The fourth-order valence-electron chi connectivity index (χ4n) is 1.35. The first-order valence-corrected chi connectivity index (χ1v) is 7.16. The Morgan fingerprint density at radius 1 is 1.25 bits per heavy atom. The summed E-state index contributed by atoms with van der Waals surface area (Å²) in [5, 5.41) is 11.0. The highest BCUT2D eigenvalue weighted by atomic mass is 79.9. The molecule has 0 fully saturated rings. The van der Waals surface area contributed by atoms with Gasteiger partial charge in [0, 0.05) is 12.1 Å². The van der Waals surface area contributed by atoms with Gasteiger partial charge in [0.15, 0.2) is 0 Å². The van der Waals surface area contributed by atoms with E-state index in [1.165, 1.54) is 24.5 Å². The maximum Gasteiger partial charge on any atom is 0.271 e. The molecular weight excluding hydrogens is 417 g/mol. The van der Waals surface area contributed by atoms with Gasteiger partial charge in [0.1, 0.15) is 17.5 Å². The maximum absolute atomic E-state index is 10.7. The fraction of sp³-hybridized carbons (Fsp3) is 0.0909. The number of aromatic nitrogens is 2. The largest absolute Gasteiger partial charge is 0.485 e. The van der Waals surface area contributed by atoms with Crippen LogP contribution in [0.5, 0.6) is 5.75 Å². The van der Waals surface area contributed by atoms with E-state index in [1.807, 2.05) is 0 Å². The molecule has 1 aromatic carbocycles. The van der Waals surface area contributed by atoms with Crippen molar-refractivity contribution in [3.05, 3.63) is 54.4 Å². The van der Waals surface area contributed by atoms with Gasteiger partial charge in [-0.3, -0.25) is 15.1 Å². The quantitative estimate of drug-likeness (QED) is 0.546. The Balaban J connectivity index is 2.17. The molecule has 0 unspecified atom stereocenters. The summed E-state index contributed by atoms with van der Waals surface area (Å²) in [5.74, 6) is 0.451.